The second kappa shape index (κ2) is 19.5. The third-order valence-corrected chi connectivity index (χ3v) is 8.55. The summed E-state index contributed by atoms with van der Waals surface area (Å²) in [6.07, 6.45) is 4.56. The first-order valence-electron chi connectivity index (χ1n) is 15.6. The van der Waals surface area contributed by atoms with Crippen LogP contribution >= 0.6 is 11.8 Å². The minimum absolute atomic E-state index is 0.106. The topological polar surface area (TPSA) is 194 Å². The van der Waals surface area contributed by atoms with Gasteiger partial charge in [0.1, 0.15) is 6.61 Å². The Balaban J connectivity index is 1.93. The van der Waals surface area contributed by atoms with E-state index in [0.29, 0.717) is 44.3 Å². The van der Waals surface area contributed by atoms with Crippen LogP contribution in [0.15, 0.2) is 24.3 Å². The lowest BCUT2D eigenvalue weighted by molar-refractivity contribution is -0.142. The van der Waals surface area contributed by atoms with Gasteiger partial charge in [-0.2, -0.15) is 11.8 Å². The van der Waals surface area contributed by atoms with Crippen molar-refractivity contribution in [2.45, 2.75) is 90.0 Å². The summed E-state index contributed by atoms with van der Waals surface area (Å²) in [5, 5.41) is 7.82. The van der Waals surface area contributed by atoms with Crippen molar-refractivity contribution < 1.29 is 38.3 Å². The third-order valence-electron chi connectivity index (χ3n) is 7.61. The number of benzene rings is 1. The molecule has 5 N–H and O–H groups in total. The highest BCUT2D eigenvalue weighted by atomic mass is 32.2. The highest BCUT2D eigenvalue weighted by Crippen LogP contribution is 2.24. The highest BCUT2D eigenvalue weighted by Gasteiger charge is 2.37. The second-order valence-electron chi connectivity index (χ2n) is 11.7. The van der Waals surface area contributed by atoms with E-state index in [1.165, 1.54) is 23.6 Å². The van der Waals surface area contributed by atoms with Gasteiger partial charge in [0.15, 0.2) is 5.78 Å². The SMILES string of the molecule is CSC1CC(=O)N(CCCCCC(=O)NC(C(=O)C[C@@H](CCCNC(N)=O)C(=O)Nc2ccc(COC(C)=O)cc2)C(C)C)C1=O. The van der Waals surface area contributed by atoms with Gasteiger partial charge >= 0.3 is 12.0 Å². The number of nitrogens with zero attached hydrogens (tertiary/aromatic N) is 1. The van der Waals surface area contributed by atoms with E-state index in [9.17, 15) is 33.6 Å². The normalized spacial score (nSPS) is 15.8. The molecule has 46 heavy (non-hydrogen) atoms. The molecule has 254 valence electrons. The molecule has 1 heterocycles. The number of esters is 1. The molecule has 0 saturated carbocycles. The van der Waals surface area contributed by atoms with Gasteiger partial charge in [0.25, 0.3) is 0 Å². The van der Waals surface area contributed by atoms with E-state index in [4.69, 9.17) is 10.5 Å². The van der Waals surface area contributed by atoms with Crippen molar-refractivity contribution in [2.75, 3.05) is 24.7 Å². The van der Waals surface area contributed by atoms with Crippen LogP contribution in [0.2, 0.25) is 0 Å². The molecule has 2 rings (SSSR count). The van der Waals surface area contributed by atoms with Crippen molar-refractivity contribution in [3.8, 4) is 0 Å². The number of hydrogen-bond donors (Lipinski definition) is 4. The number of carbonyl (C=O) groups excluding carboxylic acids is 7. The maximum Gasteiger partial charge on any atom is 0.312 e. The van der Waals surface area contributed by atoms with E-state index < -0.39 is 24.0 Å². The average Bonchev–Trinajstić information content (AvgIpc) is 3.28. The number of amides is 6. The number of likely N-dealkylation sites (tertiary alicyclic amines) is 1. The van der Waals surface area contributed by atoms with Gasteiger partial charge < -0.3 is 26.4 Å². The maximum atomic E-state index is 13.4. The van der Waals surface area contributed by atoms with Crippen LogP contribution < -0.4 is 21.7 Å². The summed E-state index contributed by atoms with van der Waals surface area (Å²) in [7, 11) is 0. The number of Topliss-reactive ketones (excluding diaryl/α,β-unsaturated/α-hetero) is 1. The van der Waals surface area contributed by atoms with Crippen molar-refractivity contribution in [3.63, 3.8) is 0 Å². The Labute approximate surface area is 274 Å². The van der Waals surface area contributed by atoms with Crippen molar-refractivity contribution in [1.82, 2.24) is 15.5 Å². The van der Waals surface area contributed by atoms with Crippen LogP contribution in [-0.2, 0) is 40.1 Å². The van der Waals surface area contributed by atoms with Crippen LogP contribution in [-0.4, -0.2) is 76.9 Å². The maximum absolute atomic E-state index is 13.4. The van der Waals surface area contributed by atoms with Crippen LogP contribution in [0, 0.1) is 11.8 Å². The van der Waals surface area contributed by atoms with Crippen molar-refractivity contribution in [3.05, 3.63) is 29.8 Å². The van der Waals surface area contributed by atoms with E-state index in [1.54, 1.807) is 24.3 Å². The summed E-state index contributed by atoms with van der Waals surface area (Å²) in [6, 6.07) is 5.29. The molecule has 0 aromatic heterocycles. The molecular formula is C32H47N5O8S. The monoisotopic (exact) mass is 661 g/mol. The van der Waals surface area contributed by atoms with Crippen LogP contribution in [0.25, 0.3) is 0 Å². The Morgan fingerprint density at radius 3 is 2.33 bits per heavy atom. The summed E-state index contributed by atoms with van der Waals surface area (Å²) in [6.45, 7) is 5.63. The lowest BCUT2D eigenvalue weighted by Gasteiger charge is -2.24. The Morgan fingerprint density at radius 2 is 1.74 bits per heavy atom. The molecule has 1 aliphatic rings. The Kier molecular flexibility index (Phi) is 16.3. The third kappa shape index (κ3) is 13.2. The second-order valence-corrected chi connectivity index (χ2v) is 12.7. The molecular weight excluding hydrogens is 614 g/mol. The minimum atomic E-state index is -0.796. The summed E-state index contributed by atoms with van der Waals surface area (Å²) in [5.74, 6) is -2.62. The number of unbranched alkanes of at least 4 members (excludes halogenated alkanes) is 2. The first-order chi connectivity index (χ1) is 21.8. The molecule has 0 radical (unpaired) electrons. The molecule has 14 heteroatoms. The molecule has 1 aromatic rings. The van der Waals surface area contributed by atoms with Crippen molar-refractivity contribution >= 4 is 58.9 Å². The number of hydrogen-bond acceptors (Lipinski definition) is 9. The smallest absolute Gasteiger partial charge is 0.312 e. The van der Waals surface area contributed by atoms with Crippen LogP contribution in [0.4, 0.5) is 10.5 Å². The first kappa shape index (κ1) is 38.2. The molecule has 1 aliphatic heterocycles. The lowest BCUT2D eigenvalue weighted by Crippen LogP contribution is -2.45. The Morgan fingerprint density at radius 1 is 1.04 bits per heavy atom. The number of ketones is 1. The standard InChI is InChI=1S/C32H47N5O8S/c1-20(2)29(36-27(40)10-6-5-7-16-37-28(41)18-26(46-4)31(37)43)25(39)17-23(9-8-15-34-32(33)44)30(42)35-24-13-11-22(12-14-24)19-45-21(3)38/h11-14,20,23,26,29H,5-10,15-19H2,1-4H3,(H,35,42)(H,36,40)(H3,33,34,44)/t23-,26?,29?/m1/s1. The molecule has 6 amide bonds. The van der Waals surface area contributed by atoms with Crippen molar-refractivity contribution in [1.29, 1.82) is 0 Å². The minimum Gasteiger partial charge on any atom is -0.461 e. The van der Waals surface area contributed by atoms with E-state index >= 15 is 0 Å². The van der Waals surface area contributed by atoms with Gasteiger partial charge in [-0.05, 0) is 55.6 Å². The molecule has 1 saturated heterocycles. The largest absolute Gasteiger partial charge is 0.461 e. The fourth-order valence-electron chi connectivity index (χ4n) is 5.04. The van der Waals surface area contributed by atoms with E-state index in [1.807, 2.05) is 20.1 Å². The number of carbonyl (C=O) groups is 7. The van der Waals surface area contributed by atoms with E-state index in [0.717, 1.165) is 5.56 Å². The molecule has 0 bridgehead atoms. The van der Waals surface area contributed by atoms with Gasteiger partial charge in [-0.15, -0.1) is 0 Å². The number of imide groups is 1. The average molecular weight is 662 g/mol. The number of rotatable bonds is 20. The zero-order chi connectivity index (χ0) is 34.2. The Hall–Kier alpha value is -3.94. The molecule has 0 aliphatic carbocycles. The number of nitrogens with two attached hydrogens (primary N) is 1. The van der Waals surface area contributed by atoms with Crippen LogP contribution in [0.1, 0.15) is 77.7 Å². The van der Waals surface area contributed by atoms with Gasteiger partial charge in [-0.3, -0.25) is 33.7 Å². The van der Waals surface area contributed by atoms with Gasteiger partial charge in [0.2, 0.25) is 23.6 Å². The van der Waals surface area contributed by atoms with E-state index in [-0.39, 0.29) is 73.0 Å². The molecule has 13 nitrogen and oxygen atoms in total. The summed E-state index contributed by atoms with van der Waals surface area (Å²) < 4.78 is 4.98. The fraction of sp³-hybridized carbons (Fsp3) is 0.594. The molecule has 1 fully saturated rings. The predicted molar refractivity (Wildman–Crippen MR) is 174 cm³/mol. The van der Waals surface area contributed by atoms with Crippen LogP contribution in [0.3, 0.4) is 0 Å². The quantitative estimate of drug-likeness (QED) is 0.0923. The number of ether oxygens (including phenoxy) is 1. The summed E-state index contributed by atoms with van der Waals surface area (Å²) in [4.78, 5) is 87.3. The fourth-order valence-corrected chi connectivity index (χ4v) is 5.68. The molecule has 3 atom stereocenters. The zero-order valence-corrected chi connectivity index (χ0v) is 27.9. The molecule has 2 unspecified atom stereocenters. The number of thioether (sulfide) groups is 1. The van der Waals surface area contributed by atoms with E-state index in [2.05, 4.69) is 16.0 Å². The molecule has 1 aromatic carbocycles. The van der Waals surface area contributed by atoms with Crippen molar-refractivity contribution in [2.24, 2.45) is 17.6 Å². The number of primary amides is 1. The first-order valence-corrected chi connectivity index (χ1v) is 16.9. The lowest BCUT2D eigenvalue weighted by atomic mass is 9.89. The van der Waals surface area contributed by atoms with Gasteiger partial charge in [0, 0.05) is 50.9 Å². The Bertz CT molecular complexity index is 1240. The van der Waals surface area contributed by atoms with Gasteiger partial charge in [-0.1, -0.05) is 32.4 Å². The number of urea groups is 1. The summed E-state index contributed by atoms with van der Waals surface area (Å²) in [5.41, 5.74) is 6.39. The van der Waals surface area contributed by atoms with Gasteiger partial charge in [0.05, 0.1) is 11.3 Å². The highest BCUT2D eigenvalue weighted by molar-refractivity contribution is 8.00. The molecule has 0 spiro atoms. The van der Waals surface area contributed by atoms with Crippen LogP contribution in [0.5, 0.6) is 0 Å². The number of nitrogens with one attached hydrogen (secondary N) is 3. The van der Waals surface area contributed by atoms with Gasteiger partial charge in [-0.25, -0.2) is 4.79 Å². The number of anilines is 1. The predicted octanol–water partition coefficient (Wildman–Crippen LogP) is 2.90. The summed E-state index contributed by atoms with van der Waals surface area (Å²) >= 11 is 1.37. The zero-order valence-electron chi connectivity index (χ0n) is 27.1.